The lowest BCUT2D eigenvalue weighted by molar-refractivity contribution is -0.156. The summed E-state index contributed by atoms with van der Waals surface area (Å²) in [6, 6.07) is 0. The smallest absolute Gasteiger partial charge is 0.316 e. The first-order valence-electron chi connectivity index (χ1n) is 4.56. The van der Waals surface area contributed by atoms with E-state index in [-0.39, 0.29) is 24.4 Å². The van der Waals surface area contributed by atoms with Crippen molar-refractivity contribution in [3.05, 3.63) is 0 Å². The highest BCUT2D eigenvalue weighted by Gasteiger charge is 2.46. The van der Waals surface area contributed by atoms with E-state index in [0.29, 0.717) is 0 Å². The van der Waals surface area contributed by atoms with Crippen LogP contribution in [0.15, 0.2) is 0 Å². The normalized spacial score (nSPS) is 26.1. The van der Waals surface area contributed by atoms with Crippen LogP contribution in [-0.4, -0.2) is 24.6 Å². The third kappa shape index (κ3) is 1.56. The molecule has 4 heteroatoms. The summed E-state index contributed by atoms with van der Waals surface area (Å²) in [5.74, 6) is -1.70. The van der Waals surface area contributed by atoms with Crippen molar-refractivity contribution in [2.75, 3.05) is 7.11 Å². The molecule has 1 aliphatic carbocycles. The lowest BCUT2D eigenvalue weighted by atomic mass is 9.70. The highest BCUT2D eigenvalue weighted by Crippen LogP contribution is 2.33. The summed E-state index contributed by atoms with van der Waals surface area (Å²) < 4.78 is 4.52. The van der Waals surface area contributed by atoms with Gasteiger partial charge in [-0.1, -0.05) is 0 Å². The highest BCUT2D eigenvalue weighted by atomic mass is 16.5. The van der Waals surface area contributed by atoms with Gasteiger partial charge in [-0.25, -0.2) is 0 Å². The topological polar surface area (TPSA) is 60.4 Å². The molecule has 0 aromatic carbocycles. The SMILES string of the molecule is COC(=O)C1CCC(=O)C(C)(C)C1=O. The van der Waals surface area contributed by atoms with Crippen molar-refractivity contribution in [2.24, 2.45) is 11.3 Å². The standard InChI is InChI=1S/C10H14O4/c1-10(2)7(11)5-4-6(8(10)12)9(13)14-3/h6H,4-5H2,1-3H3. The second-order valence-corrected chi connectivity index (χ2v) is 4.03. The molecule has 0 aliphatic heterocycles. The third-order valence-electron chi connectivity index (χ3n) is 2.78. The minimum absolute atomic E-state index is 0.0948. The molecular formula is C10H14O4. The molecule has 1 rings (SSSR count). The van der Waals surface area contributed by atoms with Crippen molar-refractivity contribution >= 4 is 17.5 Å². The van der Waals surface area contributed by atoms with E-state index in [0.717, 1.165) is 0 Å². The van der Waals surface area contributed by atoms with Gasteiger partial charge in [0.15, 0.2) is 5.78 Å². The fourth-order valence-corrected chi connectivity index (χ4v) is 1.66. The molecule has 0 aromatic heterocycles. The van der Waals surface area contributed by atoms with E-state index < -0.39 is 17.3 Å². The van der Waals surface area contributed by atoms with Crippen molar-refractivity contribution in [1.29, 1.82) is 0 Å². The number of ether oxygens (including phenoxy) is 1. The Hall–Kier alpha value is -1.19. The Labute approximate surface area is 82.6 Å². The Morgan fingerprint density at radius 1 is 1.43 bits per heavy atom. The molecule has 1 fully saturated rings. The Morgan fingerprint density at radius 2 is 2.00 bits per heavy atom. The molecule has 0 saturated heterocycles. The molecule has 0 aromatic rings. The molecule has 1 atom stereocenters. The van der Waals surface area contributed by atoms with Crippen molar-refractivity contribution in [2.45, 2.75) is 26.7 Å². The number of rotatable bonds is 1. The van der Waals surface area contributed by atoms with E-state index in [1.807, 2.05) is 0 Å². The molecule has 0 spiro atoms. The minimum atomic E-state index is -1.03. The van der Waals surface area contributed by atoms with Crippen LogP contribution in [0.5, 0.6) is 0 Å². The summed E-state index contributed by atoms with van der Waals surface area (Å²) in [4.78, 5) is 34.4. The van der Waals surface area contributed by atoms with Crippen LogP contribution < -0.4 is 0 Å². The molecule has 4 nitrogen and oxygen atoms in total. The van der Waals surface area contributed by atoms with Gasteiger partial charge in [0.2, 0.25) is 0 Å². The molecule has 0 N–H and O–H groups in total. The maximum absolute atomic E-state index is 11.7. The Balaban J connectivity index is 2.91. The number of Topliss-reactive ketones (excluding diaryl/α,β-unsaturated/α-hetero) is 2. The lowest BCUT2D eigenvalue weighted by Gasteiger charge is -2.30. The van der Waals surface area contributed by atoms with Gasteiger partial charge in [0.05, 0.1) is 12.5 Å². The first-order chi connectivity index (χ1) is 6.41. The zero-order chi connectivity index (χ0) is 10.9. The number of ketones is 2. The fourth-order valence-electron chi connectivity index (χ4n) is 1.66. The van der Waals surface area contributed by atoms with Crippen LogP contribution in [0, 0.1) is 11.3 Å². The van der Waals surface area contributed by atoms with Gasteiger partial charge in [-0.15, -0.1) is 0 Å². The molecule has 78 valence electrons. The van der Waals surface area contributed by atoms with E-state index in [2.05, 4.69) is 4.74 Å². The second-order valence-electron chi connectivity index (χ2n) is 4.03. The maximum atomic E-state index is 11.7. The minimum Gasteiger partial charge on any atom is -0.468 e. The zero-order valence-electron chi connectivity index (χ0n) is 8.62. The van der Waals surface area contributed by atoms with Crippen LogP contribution in [-0.2, 0) is 19.1 Å². The average molecular weight is 198 g/mol. The largest absolute Gasteiger partial charge is 0.468 e. The number of methoxy groups -OCH3 is 1. The Kier molecular flexibility index (Phi) is 2.73. The summed E-state index contributed by atoms with van der Waals surface area (Å²) >= 11 is 0. The van der Waals surface area contributed by atoms with E-state index in [1.165, 1.54) is 7.11 Å². The molecule has 0 radical (unpaired) electrons. The van der Waals surface area contributed by atoms with Crippen molar-refractivity contribution in [1.82, 2.24) is 0 Å². The molecular weight excluding hydrogens is 184 g/mol. The molecule has 0 amide bonds. The van der Waals surface area contributed by atoms with Gasteiger partial charge in [-0.05, 0) is 20.3 Å². The molecule has 1 unspecified atom stereocenters. The van der Waals surface area contributed by atoms with E-state index >= 15 is 0 Å². The predicted octanol–water partition coefficient (Wildman–Crippen LogP) is 0.734. The van der Waals surface area contributed by atoms with Crippen LogP contribution in [0.25, 0.3) is 0 Å². The Bertz CT molecular complexity index is 290. The fraction of sp³-hybridized carbons (Fsp3) is 0.700. The number of hydrogen-bond acceptors (Lipinski definition) is 4. The van der Waals surface area contributed by atoms with Crippen molar-refractivity contribution in [3.8, 4) is 0 Å². The van der Waals surface area contributed by atoms with Crippen molar-refractivity contribution in [3.63, 3.8) is 0 Å². The van der Waals surface area contributed by atoms with E-state index in [4.69, 9.17) is 0 Å². The monoisotopic (exact) mass is 198 g/mol. The molecule has 14 heavy (non-hydrogen) atoms. The maximum Gasteiger partial charge on any atom is 0.316 e. The second kappa shape index (κ2) is 3.52. The van der Waals surface area contributed by atoms with Gasteiger partial charge >= 0.3 is 5.97 Å². The highest BCUT2D eigenvalue weighted by molar-refractivity contribution is 6.15. The quantitative estimate of drug-likeness (QED) is 0.460. The summed E-state index contributed by atoms with van der Waals surface area (Å²) in [5, 5.41) is 0. The summed E-state index contributed by atoms with van der Waals surface area (Å²) in [6.07, 6.45) is 0.562. The summed E-state index contributed by atoms with van der Waals surface area (Å²) in [6.45, 7) is 3.12. The average Bonchev–Trinajstić information content (AvgIpc) is 2.14. The van der Waals surface area contributed by atoms with Gasteiger partial charge in [0, 0.05) is 6.42 Å². The number of esters is 1. The summed E-state index contributed by atoms with van der Waals surface area (Å²) in [7, 11) is 1.25. The van der Waals surface area contributed by atoms with Gasteiger partial charge in [-0.3, -0.25) is 14.4 Å². The van der Waals surface area contributed by atoms with Crippen LogP contribution >= 0.6 is 0 Å². The van der Waals surface area contributed by atoms with Gasteiger partial charge in [-0.2, -0.15) is 0 Å². The Morgan fingerprint density at radius 3 is 2.50 bits per heavy atom. The van der Waals surface area contributed by atoms with Gasteiger partial charge < -0.3 is 4.74 Å². The van der Waals surface area contributed by atoms with Crippen LogP contribution in [0.2, 0.25) is 0 Å². The zero-order valence-corrected chi connectivity index (χ0v) is 8.62. The third-order valence-corrected chi connectivity index (χ3v) is 2.78. The first kappa shape index (κ1) is 10.9. The van der Waals surface area contributed by atoms with Crippen LogP contribution in [0.3, 0.4) is 0 Å². The van der Waals surface area contributed by atoms with E-state index in [1.54, 1.807) is 13.8 Å². The molecule has 1 saturated carbocycles. The number of carbonyl (C=O) groups excluding carboxylic acids is 3. The van der Waals surface area contributed by atoms with Gasteiger partial charge in [0.1, 0.15) is 11.7 Å². The molecule has 0 bridgehead atoms. The van der Waals surface area contributed by atoms with Crippen LogP contribution in [0.1, 0.15) is 26.7 Å². The summed E-state index contributed by atoms with van der Waals surface area (Å²) in [5.41, 5.74) is -1.03. The number of hydrogen-bond donors (Lipinski definition) is 0. The predicted molar refractivity (Wildman–Crippen MR) is 48.5 cm³/mol. The molecule has 0 heterocycles. The van der Waals surface area contributed by atoms with Crippen molar-refractivity contribution < 1.29 is 19.1 Å². The van der Waals surface area contributed by atoms with Crippen LogP contribution in [0.4, 0.5) is 0 Å². The number of carbonyl (C=O) groups is 3. The molecule has 1 aliphatic rings. The van der Waals surface area contributed by atoms with E-state index in [9.17, 15) is 14.4 Å². The van der Waals surface area contributed by atoms with Gasteiger partial charge in [0.25, 0.3) is 0 Å². The first-order valence-corrected chi connectivity index (χ1v) is 4.56. The lowest BCUT2D eigenvalue weighted by Crippen LogP contribution is -2.45.